The van der Waals surface area contributed by atoms with Gasteiger partial charge in [-0.15, -0.1) is 0 Å². The van der Waals surface area contributed by atoms with Crippen LogP contribution in [-0.4, -0.2) is 34.7 Å². The molecule has 1 aromatic rings. The van der Waals surface area contributed by atoms with E-state index in [4.69, 9.17) is 0 Å². The molecule has 0 aliphatic carbocycles. The molecule has 0 bridgehead atoms. The molecule has 1 aromatic carbocycles. The molecule has 2 aliphatic heterocycles. The van der Waals surface area contributed by atoms with Gasteiger partial charge in [-0.3, -0.25) is 24.1 Å². The van der Waals surface area contributed by atoms with Crippen molar-refractivity contribution in [2.45, 2.75) is 18.9 Å². The summed E-state index contributed by atoms with van der Waals surface area (Å²) in [6.45, 7) is 0. The van der Waals surface area contributed by atoms with Crippen LogP contribution in [0.25, 0.3) is 0 Å². The van der Waals surface area contributed by atoms with E-state index in [1.165, 1.54) is 0 Å². The fraction of sp³-hybridized carbons (Fsp3) is 0.231. The summed E-state index contributed by atoms with van der Waals surface area (Å²) in [4.78, 5) is 47.8. The number of carbonyl (C=O) groups excluding carboxylic acids is 4. The zero-order valence-electron chi connectivity index (χ0n) is 9.79. The van der Waals surface area contributed by atoms with Crippen molar-refractivity contribution < 1.29 is 23.9 Å². The van der Waals surface area contributed by atoms with Gasteiger partial charge in [0.2, 0.25) is 0 Å². The Kier molecular flexibility index (Phi) is 2.45. The lowest BCUT2D eigenvalue weighted by atomic mass is 10.1. The fourth-order valence-corrected chi connectivity index (χ4v) is 2.39. The van der Waals surface area contributed by atoms with Crippen LogP contribution in [0.5, 0.6) is 0 Å². The first kappa shape index (κ1) is 11.6. The van der Waals surface area contributed by atoms with Gasteiger partial charge in [0, 0.05) is 0 Å². The molecule has 1 saturated heterocycles. The third kappa shape index (κ3) is 1.72. The van der Waals surface area contributed by atoms with Gasteiger partial charge in [0.15, 0.2) is 0 Å². The highest BCUT2D eigenvalue weighted by molar-refractivity contribution is 6.21. The first-order valence-corrected chi connectivity index (χ1v) is 5.78. The SMILES string of the molecule is O=C1CC(N2C(=O)c3ccccc3C2=O)CC(=O)O1. The summed E-state index contributed by atoms with van der Waals surface area (Å²) in [5, 5.41) is 0. The lowest BCUT2D eigenvalue weighted by molar-refractivity contribution is -0.165. The second kappa shape index (κ2) is 4.01. The predicted molar refractivity (Wildman–Crippen MR) is 61.1 cm³/mol. The Balaban J connectivity index is 1.96. The number of hydrogen-bond donors (Lipinski definition) is 0. The van der Waals surface area contributed by atoms with E-state index in [1.807, 2.05) is 0 Å². The number of ether oxygens (including phenoxy) is 1. The normalized spacial score (nSPS) is 19.7. The Hall–Kier alpha value is -2.50. The lowest BCUT2D eigenvalue weighted by Crippen LogP contribution is -2.45. The van der Waals surface area contributed by atoms with Crippen LogP contribution in [0.1, 0.15) is 33.6 Å². The lowest BCUT2D eigenvalue weighted by Gasteiger charge is -2.27. The Labute approximate surface area is 107 Å². The molecular weight excluding hydrogens is 250 g/mol. The standard InChI is InChI=1S/C13H9NO5/c15-10-5-7(6-11(16)19-10)14-12(17)8-3-1-2-4-9(8)13(14)18/h1-4,7H,5-6H2. The number of esters is 2. The average molecular weight is 259 g/mol. The molecule has 19 heavy (non-hydrogen) atoms. The number of benzene rings is 1. The van der Waals surface area contributed by atoms with E-state index in [0.717, 1.165) is 4.90 Å². The molecule has 0 atom stereocenters. The molecule has 0 saturated carbocycles. The van der Waals surface area contributed by atoms with Gasteiger partial charge < -0.3 is 4.74 Å². The Morgan fingerprint density at radius 3 is 1.84 bits per heavy atom. The summed E-state index contributed by atoms with van der Waals surface area (Å²) < 4.78 is 4.40. The van der Waals surface area contributed by atoms with Crippen molar-refractivity contribution in [2.24, 2.45) is 0 Å². The summed E-state index contributed by atoms with van der Waals surface area (Å²) in [5.41, 5.74) is 0.609. The molecule has 2 amide bonds. The monoisotopic (exact) mass is 259 g/mol. The summed E-state index contributed by atoms with van der Waals surface area (Å²) >= 11 is 0. The van der Waals surface area contributed by atoms with Crippen LogP contribution in [0.15, 0.2) is 24.3 Å². The number of imide groups is 1. The number of hydrogen-bond acceptors (Lipinski definition) is 5. The second-order valence-electron chi connectivity index (χ2n) is 4.43. The minimum absolute atomic E-state index is 0.142. The molecule has 6 heteroatoms. The van der Waals surface area contributed by atoms with Crippen LogP contribution in [-0.2, 0) is 14.3 Å². The van der Waals surface area contributed by atoms with Gasteiger partial charge in [0.05, 0.1) is 30.0 Å². The van der Waals surface area contributed by atoms with Crippen molar-refractivity contribution in [3.8, 4) is 0 Å². The molecule has 0 unspecified atom stereocenters. The van der Waals surface area contributed by atoms with Gasteiger partial charge in [0.25, 0.3) is 11.8 Å². The molecule has 1 fully saturated rings. The third-order valence-electron chi connectivity index (χ3n) is 3.22. The number of rotatable bonds is 1. The number of amides is 2. The van der Waals surface area contributed by atoms with Crippen LogP contribution in [0.4, 0.5) is 0 Å². The van der Waals surface area contributed by atoms with Crippen LogP contribution in [0, 0.1) is 0 Å². The van der Waals surface area contributed by atoms with E-state index in [2.05, 4.69) is 4.74 Å². The highest BCUT2D eigenvalue weighted by atomic mass is 16.6. The average Bonchev–Trinajstić information content (AvgIpc) is 2.61. The van der Waals surface area contributed by atoms with Crippen LogP contribution in [0.3, 0.4) is 0 Å². The third-order valence-corrected chi connectivity index (χ3v) is 3.22. The molecule has 0 aromatic heterocycles. The van der Waals surface area contributed by atoms with Crippen molar-refractivity contribution in [1.82, 2.24) is 4.90 Å². The first-order valence-electron chi connectivity index (χ1n) is 5.78. The zero-order valence-corrected chi connectivity index (χ0v) is 9.79. The molecule has 0 N–H and O–H groups in total. The molecule has 3 rings (SSSR count). The molecule has 2 aliphatic rings. The Bertz CT molecular complexity index is 570. The van der Waals surface area contributed by atoms with Crippen LogP contribution >= 0.6 is 0 Å². The van der Waals surface area contributed by atoms with E-state index in [9.17, 15) is 19.2 Å². The molecule has 0 spiro atoms. The smallest absolute Gasteiger partial charge is 0.315 e. The molecule has 2 heterocycles. The highest BCUT2D eigenvalue weighted by Gasteiger charge is 2.43. The topological polar surface area (TPSA) is 80.8 Å². The fourth-order valence-electron chi connectivity index (χ4n) is 2.39. The summed E-state index contributed by atoms with van der Waals surface area (Å²) in [5.74, 6) is -2.35. The predicted octanol–water partition coefficient (Wildman–Crippen LogP) is 0.515. The highest BCUT2D eigenvalue weighted by Crippen LogP contribution is 2.28. The van der Waals surface area contributed by atoms with Gasteiger partial charge in [-0.05, 0) is 12.1 Å². The van der Waals surface area contributed by atoms with Gasteiger partial charge in [-0.25, -0.2) is 0 Å². The maximum Gasteiger partial charge on any atom is 0.315 e. The van der Waals surface area contributed by atoms with E-state index < -0.39 is 29.8 Å². The summed E-state index contributed by atoms with van der Waals surface area (Å²) in [6.07, 6.45) is -0.283. The molecular formula is C13H9NO5. The van der Waals surface area contributed by atoms with Gasteiger partial charge >= 0.3 is 11.9 Å². The van der Waals surface area contributed by atoms with Gasteiger partial charge in [0.1, 0.15) is 0 Å². The van der Waals surface area contributed by atoms with Crippen LogP contribution in [0.2, 0.25) is 0 Å². The zero-order chi connectivity index (χ0) is 13.6. The minimum Gasteiger partial charge on any atom is -0.393 e. The summed E-state index contributed by atoms with van der Waals surface area (Å²) in [6, 6.07) is 5.68. The van der Waals surface area contributed by atoms with E-state index in [-0.39, 0.29) is 12.8 Å². The second-order valence-corrected chi connectivity index (χ2v) is 4.43. The van der Waals surface area contributed by atoms with Gasteiger partial charge in [-0.2, -0.15) is 0 Å². The number of nitrogens with zero attached hydrogens (tertiary/aromatic N) is 1. The van der Waals surface area contributed by atoms with Crippen LogP contribution < -0.4 is 0 Å². The van der Waals surface area contributed by atoms with Crippen molar-refractivity contribution in [3.05, 3.63) is 35.4 Å². The largest absolute Gasteiger partial charge is 0.393 e. The van der Waals surface area contributed by atoms with Crippen molar-refractivity contribution in [2.75, 3.05) is 0 Å². The van der Waals surface area contributed by atoms with Crippen molar-refractivity contribution in [3.63, 3.8) is 0 Å². The van der Waals surface area contributed by atoms with Gasteiger partial charge in [-0.1, -0.05) is 12.1 Å². The number of fused-ring (bicyclic) bond motifs is 1. The Morgan fingerprint density at radius 2 is 1.37 bits per heavy atom. The minimum atomic E-state index is -0.749. The maximum atomic E-state index is 12.2. The van der Waals surface area contributed by atoms with E-state index in [1.54, 1.807) is 24.3 Å². The molecule has 96 valence electrons. The van der Waals surface area contributed by atoms with E-state index in [0.29, 0.717) is 11.1 Å². The number of cyclic esters (lactones) is 2. The maximum absolute atomic E-state index is 12.2. The summed E-state index contributed by atoms with van der Waals surface area (Å²) in [7, 11) is 0. The number of carbonyl (C=O) groups is 4. The van der Waals surface area contributed by atoms with E-state index >= 15 is 0 Å². The quantitative estimate of drug-likeness (QED) is 0.417. The molecule has 0 radical (unpaired) electrons. The molecule has 6 nitrogen and oxygen atoms in total. The first-order chi connectivity index (χ1) is 9.08. The Morgan fingerprint density at radius 1 is 0.895 bits per heavy atom. The van der Waals surface area contributed by atoms with Crippen molar-refractivity contribution >= 4 is 23.8 Å². The van der Waals surface area contributed by atoms with Crippen molar-refractivity contribution in [1.29, 1.82) is 0 Å².